The Labute approximate surface area is 99.3 Å². The van der Waals surface area contributed by atoms with Crippen molar-refractivity contribution in [1.82, 2.24) is 0 Å². The van der Waals surface area contributed by atoms with Gasteiger partial charge in [-0.15, -0.1) is 0 Å². The lowest BCUT2D eigenvalue weighted by molar-refractivity contribution is 0.929. The van der Waals surface area contributed by atoms with Crippen LogP contribution in [0.5, 0.6) is 0 Å². The first kappa shape index (κ1) is 12.1. The molecule has 0 bridgehead atoms. The van der Waals surface area contributed by atoms with Crippen LogP contribution in [0.15, 0.2) is 23.2 Å². The molecule has 0 fully saturated rings. The number of hydrogen-bond acceptors (Lipinski definition) is 1. The van der Waals surface area contributed by atoms with Crippen LogP contribution in [0.25, 0.3) is 0 Å². The van der Waals surface area contributed by atoms with Crippen LogP contribution in [0.2, 0.25) is 10.0 Å². The van der Waals surface area contributed by atoms with Crippen molar-refractivity contribution in [3.05, 3.63) is 28.2 Å². The van der Waals surface area contributed by atoms with Gasteiger partial charge in [-0.2, -0.15) is 0 Å². The fraction of sp³-hybridized carbons (Fsp3) is 0.300. The van der Waals surface area contributed by atoms with E-state index in [2.05, 4.69) is 10.3 Å². The summed E-state index contributed by atoms with van der Waals surface area (Å²) >= 11 is 11.6. The lowest BCUT2D eigenvalue weighted by Gasteiger charge is -2.06. The summed E-state index contributed by atoms with van der Waals surface area (Å²) in [5, 5.41) is 3.94. The van der Waals surface area contributed by atoms with Gasteiger partial charge in [0.25, 0.3) is 0 Å². The summed E-state index contributed by atoms with van der Waals surface area (Å²) < 4.78 is 0. The fourth-order valence-corrected chi connectivity index (χ4v) is 1.29. The Morgan fingerprint density at radius 3 is 2.73 bits per heavy atom. The van der Waals surface area contributed by atoms with Crippen molar-refractivity contribution in [1.29, 1.82) is 0 Å². The van der Waals surface area contributed by atoms with Crippen molar-refractivity contribution in [2.24, 2.45) is 10.7 Å². The second-order valence-electron chi connectivity index (χ2n) is 3.02. The number of nitrogens with one attached hydrogen (secondary N) is 1. The average molecular weight is 246 g/mol. The summed E-state index contributed by atoms with van der Waals surface area (Å²) in [4.78, 5) is 4.10. The Hall–Kier alpha value is -0.930. The van der Waals surface area contributed by atoms with E-state index in [-0.39, 0.29) is 0 Å². The first-order chi connectivity index (χ1) is 7.13. The molecule has 15 heavy (non-hydrogen) atoms. The summed E-state index contributed by atoms with van der Waals surface area (Å²) in [6.07, 6.45) is 0.962. The number of halogens is 2. The molecule has 0 aliphatic carbocycles. The molecular formula is C10H13Cl2N3. The number of anilines is 1. The lowest BCUT2D eigenvalue weighted by atomic mass is 10.3. The second-order valence-corrected chi connectivity index (χ2v) is 3.84. The third-order valence-electron chi connectivity index (χ3n) is 1.70. The van der Waals surface area contributed by atoms with Gasteiger partial charge in [0.1, 0.15) is 0 Å². The van der Waals surface area contributed by atoms with E-state index < -0.39 is 0 Å². The van der Waals surface area contributed by atoms with Gasteiger partial charge < -0.3 is 11.1 Å². The van der Waals surface area contributed by atoms with Gasteiger partial charge in [-0.25, -0.2) is 0 Å². The summed E-state index contributed by atoms with van der Waals surface area (Å²) in [6, 6.07) is 5.21. The van der Waals surface area contributed by atoms with Gasteiger partial charge in [-0.3, -0.25) is 4.99 Å². The SMILES string of the molecule is CCCN=C(N)Nc1ccc(Cl)c(Cl)c1. The highest BCUT2D eigenvalue weighted by atomic mass is 35.5. The van der Waals surface area contributed by atoms with E-state index >= 15 is 0 Å². The number of guanidine groups is 1. The molecule has 0 heterocycles. The van der Waals surface area contributed by atoms with Crippen LogP contribution < -0.4 is 11.1 Å². The Balaban J connectivity index is 2.68. The van der Waals surface area contributed by atoms with Crippen LogP contribution >= 0.6 is 23.2 Å². The van der Waals surface area contributed by atoms with E-state index in [0.717, 1.165) is 12.1 Å². The Kier molecular flexibility index (Phi) is 4.72. The number of hydrogen-bond donors (Lipinski definition) is 2. The van der Waals surface area contributed by atoms with E-state index in [1.165, 1.54) is 0 Å². The van der Waals surface area contributed by atoms with E-state index in [1.54, 1.807) is 18.2 Å². The minimum atomic E-state index is 0.384. The highest BCUT2D eigenvalue weighted by molar-refractivity contribution is 6.42. The molecule has 5 heteroatoms. The van der Waals surface area contributed by atoms with E-state index in [9.17, 15) is 0 Å². The number of aliphatic imine (C=N–C) groups is 1. The first-order valence-corrected chi connectivity index (χ1v) is 5.41. The Morgan fingerprint density at radius 2 is 2.13 bits per heavy atom. The third-order valence-corrected chi connectivity index (χ3v) is 2.44. The van der Waals surface area contributed by atoms with Crippen LogP contribution in [0.4, 0.5) is 5.69 Å². The Bertz CT molecular complexity index is 364. The van der Waals surface area contributed by atoms with Crippen LogP contribution in [0, 0.1) is 0 Å². The second kappa shape index (κ2) is 5.83. The van der Waals surface area contributed by atoms with E-state index in [0.29, 0.717) is 22.5 Å². The van der Waals surface area contributed by atoms with Gasteiger partial charge >= 0.3 is 0 Å². The molecule has 0 atom stereocenters. The molecular weight excluding hydrogens is 233 g/mol. The molecule has 0 radical (unpaired) electrons. The van der Waals surface area contributed by atoms with Crippen LogP contribution in [0.1, 0.15) is 13.3 Å². The molecule has 0 aliphatic rings. The monoisotopic (exact) mass is 245 g/mol. The van der Waals surface area contributed by atoms with Gasteiger partial charge in [0.05, 0.1) is 10.0 Å². The normalized spacial score (nSPS) is 11.5. The predicted octanol–water partition coefficient (Wildman–Crippen LogP) is 3.13. The third kappa shape index (κ3) is 3.98. The van der Waals surface area contributed by atoms with Gasteiger partial charge in [0.15, 0.2) is 5.96 Å². The van der Waals surface area contributed by atoms with Gasteiger partial charge in [-0.05, 0) is 24.6 Å². The number of rotatable bonds is 3. The quantitative estimate of drug-likeness (QED) is 0.635. The standard InChI is InChI=1S/C10H13Cl2N3/c1-2-5-14-10(13)15-7-3-4-8(11)9(12)6-7/h3-4,6H,2,5H2,1H3,(H3,13,14,15). The van der Waals surface area contributed by atoms with Crippen molar-refractivity contribution in [3.8, 4) is 0 Å². The van der Waals surface area contributed by atoms with Crippen LogP contribution in [-0.2, 0) is 0 Å². The summed E-state index contributed by atoms with van der Waals surface area (Å²) in [6.45, 7) is 2.75. The highest BCUT2D eigenvalue weighted by Crippen LogP contribution is 2.24. The summed E-state index contributed by atoms with van der Waals surface area (Å²) in [5.74, 6) is 0.384. The lowest BCUT2D eigenvalue weighted by Crippen LogP contribution is -2.22. The van der Waals surface area contributed by atoms with Crippen LogP contribution in [0.3, 0.4) is 0 Å². The largest absolute Gasteiger partial charge is 0.370 e. The minimum Gasteiger partial charge on any atom is -0.370 e. The molecule has 0 aliphatic heterocycles. The molecule has 1 aromatic rings. The molecule has 0 spiro atoms. The molecule has 0 saturated heterocycles. The molecule has 0 amide bonds. The molecule has 3 N–H and O–H groups in total. The highest BCUT2D eigenvalue weighted by Gasteiger charge is 1.99. The number of benzene rings is 1. The van der Waals surface area contributed by atoms with Crippen molar-refractivity contribution in [2.45, 2.75) is 13.3 Å². The predicted molar refractivity (Wildman–Crippen MR) is 66.9 cm³/mol. The first-order valence-electron chi connectivity index (χ1n) is 4.65. The maximum atomic E-state index is 5.85. The smallest absolute Gasteiger partial charge is 0.193 e. The molecule has 0 unspecified atom stereocenters. The minimum absolute atomic E-state index is 0.384. The summed E-state index contributed by atoms with van der Waals surface area (Å²) in [7, 11) is 0. The maximum absolute atomic E-state index is 5.85. The zero-order valence-electron chi connectivity index (χ0n) is 8.43. The van der Waals surface area contributed by atoms with Gasteiger partial charge in [0.2, 0.25) is 0 Å². The topological polar surface area (TPSA) is 50.4 Å². The maximum Gasteiger partial charge on any atom is 0.193 e. The molecule has 1 aromatic carbocycles. The zero-order valence-corrected chi connectivity index (χ0v) is 9.94. The van der Waals surface area contributed by atoms with Crippen molar-refractivity contribution >= 4 is 34.8 Å². The fourth-order valence-electron chi connectivity index (χ4n) is 0.994. The average Bonchev–Trinajstić information content (AvgIpc) is 2.20. The van der Waals surface area contributed by atoms with Crippen molar-refractivity contribution in [2.75, 3.05) is 11.9 Å². The van der Waals surface area contributed by atoms with Gasteiger partial charge in [0, 0.05) is 12.2 Å². The molecule has 0 saturated carbocycles. The number of nitrogens with two attached hydrogens (primary N) is 1. The molecule has 0 aromatic heterocycles. The van der Waals surface area contributed by atoms with Crippen molar-refractivity contribution < 1.29 is 0 Å². The summed E-state index contributed by atoms with van der Waals surface area (Å²) in [5.41, 5.74) is 6.42. The zero-order chi connectivity index (χ0) is 11.3. The number of nitrogens with zero attached hydrogens (tertiary/aromatic N) is 1. The van der Waals surface area contributed by atoms with E-state index in [1.807, 2.05) is 6.92 Å². The molecule has 82 valence electrons. The van der Waals surface area contributed by atoms with Crippen molar-refractivity contribution in [3.63, 3.8) is 0 Å². The van der Waals surface area contributed by atoms with E-state index in [4.69, 9.17) is 28.9 Å². The molecule has 3 nitrogen and oxygen atoms in total. The molecule has 1 rings (SSSR count). The Morgan fingerprint density at radius 1 is 1.40 bits per heavy atom. The van der Waals surface area contributed by atoms with Crippen LogP contribution in [-0.4, -0.2) is 12.5 Å². The van der Waals surface area contributed by atoms with Gasteiger partial charge in [-0.1, -0.05) is 30.1 Å².